The summed E-state index contributed by atoms with van der Waals surface area (Å²) >= 11 is 3.60. The predicted octanol–water partition coefficient (Wildman–Crippen LogP) is 5.57. The first kappa shape index (κ1) is 23.6. The molecule has 4 heterocycles. The molecule has 1 aliphatic heterocycles. The topological polar surface area (TPSA) is 98.8 Å². The zero-order valence-corrected chi connectivity index (χ0v) is 21.2. The van der Waals surface area contributed by atoms with Gasteiger partial charge in [-0.2, -0.15) is 0 Å². The van der Waals surface area contributed by atoms with Gasteiger partial charge in [0.15, 0.2) is 5.65 Å². The number of benzene rings is 2. The molecule has 0 saturated carbocycles. The maximum atomic E-state index is 14.0. The van der Waals surface area contributed by atoms with E-state index in [-0.39, 0.29) is 11.9 Å². The van der Waals surface area contributed by atoms with Crippen molar-refractivity contribution in [2.45, 2.75) is 6.10 Å². The van der Waals surface area contributed by atoms with Crippen LogP contribution in [0.4, 0.5) is 10.2 Å². The van der Waals surface area contributed by atoms with Crippen molar-refractivity contribution >= 4 is 32.8 Å². The van der Waals surface area contributed by atoms with Gasteiger partial charge in [-0.25, -0.2) is 19.3 Å². The van der Waals surface area contributed by atoms with Crippen LogP contribution < -0.4 is 11.1 Å². The predicted molar refractivity (Wildman–Crippen MR) is 145 cm³/mol. The van der Waals surface area contributed by atoms with Gasteiger partial charge in [-0.05, 0) is 47.5 Å². The third-order valence-corrected chi connectivity index (χ3v) is 6.88. The molecule has 9 heteroatoms. The molecule has 37 heavy (non-hydrogen) atoms. The molecule has 0 radical (unpaired) electrons. The zero-order valence-electron chi connectivity index (χ0n) is 19.7. The summed E-state index contributed by atoms with van der Waals surface area (Å²) in [6.07, 6.45) is 2.92. The number of nitrogens with one attached hydrogen (secondary N) is 1. The summed E-state index contributed by atoms with van der Waals surface area (Å²) in [6, 6.07) is 18.2. The number of pyridine rings is 2. The number of hydrogen-bond acceptors (Lipinski definition) is 7. The molecule has 3 aromatic heterocycles. The first-order valence-electron chi connectivity index (χ1n) is 11.8. The number of halogens is 2. The second kappa shape index (κ2) is 9.93. The van der Waals surface area contributed by atoms with E-state index >= 15 is 0 Å². The Morgan fingerprint density at radius 1 is 0.973 bits per heavy atom. The highest BCUT2D eigenvalue weighted by Gasteiger charge is 2.27. The molecule has 3 N–H and O–H groups in total. The molecule has 0 amide bonds. The molecule has 1 unspecified atom stereocenters. The third-order valence-electron chi connectivity index (χ3n) is 6.38. The van der Waals surface area contributed by atoms with Crippen molar-refractivity contribution < 1.29 is 9.13 Å². The molecule has 5 aromatic rings. The second-order valence-corrected chi connectivity index (χ2v) is 9.60. The van der Waals surface area contributed by atoms with Gasteiger partial charge in [0.25, 0.3) is 0 Å². The molecule has 184 valence electrons. The van der Waals surface area contributed by atoms with Crippen molar-refractivity contribution in [1.82, 2.24) is 25.3 Å². The number of nitrogens with zero attached hydrogens (tertiary/aromatic N) is 4. The monoisotopic (exact) mass is 556 g/mol. The van der Waals surface area contributed by atoms with Crippen molar-refractivity contribution in [3.8, 4) is 33.5 Å². The van der Waals surface area contributed by atoms with Crippen LogP contribution in [0.1, 0.15) is 11.8 Å². The van der Waals surface area contributed by atoms with Gasteiger partial charge in [0.2, 0.25) is 0 Å². The molecule has 1 fully saturated rings. The van der Waals surface area contributed by atoms with Crippen LogP contribution >= 0.6 is 15.9 Å². The number of rotatable bonds is 4. The van der Waals surface area contributed by atoms with E-state index in [9.17, 15) is 4.39 Å². The Balaban J connectivity index is 1.75. The number of fused-ring (bicyclic) bond motifs is 1. The number of nitrogen functional groups attached to an aromatic ring is 1. The maximum absolute atomic E-state index is 14.0. The molecule has 1 atom stereocenters. The average molecular weight is 557 g/mol. The maximum Gasteiger partial charge on any atom is 0.165 e. The molecule has 7 nitrogen and oxygen atoms in total. The standard InChI is InChI=1S/C28H22BrFN6O/c29-18-4-1-3-17(13-18)22-23(16-6-8-19(30)9-7-16)26(36-28-24(22)27(31)34-15-35-28)20-5-2-10-33-25(20)21-14-32-11-12-37-21/h1-10,13,15,21,32H,11-12,14H2,(H2,31,34,35,36). The number of anilines is 1. The van der Waals surface area contributed by atoms with Crippen LogP contribution in [0.15, 0.2) is 77.7 Å². The lowest BCUT2D eigenvalue weighted by Gasteiger charge is -2.26. The minimum Gasteiger partial charge on any atom is -0.383 e. The van der Waals surface area contributed by atoms with E-state index in [4.69, 9.17) is 20.4 Å². The van der Waals surface area contributed by atoms with Gasteiger partial charge >= 0.3 is 0 Å². The van der Waals surface area contributed by atoms with Crippen molar-refractivity contribution in [1.29, 1.82) is 0 Å². The van der Waals surface area contributed by atoms with Crippen molar-refractivity contribution in [3.63, 3.8) is 0 Å². The van der Waals surface area contributed by atoms with E-state index < -0.39 is 0 Å². The van der Waals surface area contributed by atoms with E-state index in [0.29, 0.717) is 35.7 Å². The van der Waals surface area contributed by atoms with Crippen LogP contribution in [0.25, 0.3) is 44.5 Å². The lowest BCUT2D eigenvalue weighted by atomic mass is 9.88. The number of morpholine rings is 1. The summed E-state index contributed by atoms with van der Waals surface area (Å²) in [7, 11) is 0. The van der Waals surface area contributed by atoms with Gasteiger partial charge in [0, 0.05) is 40.4 Å². The Hall–Kier alpha value is -3.79. The van der Waals surface area contributed by atoms with Gasteiger partial charge < -0.3 is 15.8 Å². The highest BCUT2D eigenvalue weighted by Crippen LogP contribution is 2.45. The largest absolute Gasteiger partial charge is 0.383 e. The Bertz CT molecular complexity index is 1610. The summed E-state index contributed by atoms with van der Waals surface area (Å²) in [5.41, 5.74) is 12.4. The van der Waals surface area contributed by atoms with Crippen LogP contribution in [0.5, 0.6) is 0 Å². The van der Waals surface area contributed by atoms with Crippen LogP contribution in [-0.4, -0.2) is 39.6 Å². The van der Waals surface area contributed by atoms with Crippen molar-refractivity contribution in [2.24, 2.45) is 0 Å². The molecule has 1 saturated heterocycles. The van der Waals surface area contributed by atoms with Gasteiger partial charge in [-0.15, -0.1) is 0 Å². The van der Waals surface area contributed by atoms with Crippen molar-refractivity contribution in [3.05, 3.63) is 89.2 Å². The van der Waals surface area contributed by atoms with Crippen LogP contribution in [-0.2, 0) is 4.74 Å². The van der Waals surface area contributed by atoms with Crippen LogP contribution in [0.3, 0.4) is 0 Å². The fourth-order valence-electron chi connectivity index (χ4n) is 4.76. The lowest BCUT2D eigenvalue weighted by Crippen LogP contribution is -2.34. The smallest absolute Gasteiger partial charge is 0.165 e. The van der Waals surface area contributed by atoms with Crippen LogP contribution in [0, 0.1) is 5.82 Å². The number of nitrogens with two attached hydrogens (primary N) is 1. The number of hydrogen-bond donors (Lipinski definition) is 2. The first-order chi connectivity index (χ1) is 18.1. The first-order valence-corrected chi connectivity index (χ1v) is 12.6. The van der Waals surface area contributed by atoms with E-state index in [2.05, 4.69) is 31.2 Å². The van der Waals surface area contributed by atoms with E-state index in [1.165, 1.54) is 18.5 Å². The molecular formula is C28H22BrFN6O. The van der Waals surface area contributed by atoms with Gasteiger partial charge in [0.05, 0.1) is 23.4 Å². The quantitative estimate of drug-likeness (QED) is 0.298. The average Bonchev–Trinajstić information content (AvgIpc) is 2.93. The Labute approximate surface area is 221 Å². The van der Waals surface area contributed by atoms with Gasteiger partial charge in [0.1, 0.15) is 24.1 Å². The molecule has 6 rings (SSSR count). The fraction of sp³-hybridized carbons (Fsp3) is 0.143. The Kier molecular flexibility index (Phi) is 6.33. The molecule has 1 aliphatic rings. The molecule has 0 bridgehead atoms. The summed E-state index contributed by atoms with van der Waals surface area (Å²) in [4.78, 5) is 18.5. The highest BCUT2D eigenvalue weighted by molar-refractivity contribution is 9.10. The third kappa shape index (κ3) is 4.46. The molecule has 2 aromatic carbocycles. The van der Waals surface area contributed by atoms with E-state index in [0.717, 1.165) is 44.5 Å². The minimum absolute atomic E-state index is 0.242. The molecule has 0 aliphatic carbocycles. The zero-order chi connectivity index (χ0) is 25.4. The minimum atomic E-state index is -0.324. The lowest BCUT2D eigenvalue weighted by molar-refractivity contribution is 0.0254. The molecule has 0 spiro atoms. The van der Waals surface area contributed by atoms with Gasteiger partial charge in [-0.1, -0.05) is 40.2 Å². The highest BCUT2D eigenvalue weighted by atomic mass is 79.9. The van der Waals surface area contributed by atoms with E-state index in [1.54, 1.807) is 18.3 Å². The van der Waals surface area contributed by atoms with Gasteiger partial charge in [-0.3, -0.25) is 4.98 Å². The van der Waals surface area contributed by atoms with Crippen LogP contribution in [0.2, 0.25) is 0 Å². The fourth-order valence-corrected chi connectivity index (χ4v) is 5.16. The summed E-state index contributed by atoms with van der Waals surface area (Å²) in [5, 5.41) is 4.01. The number of aromatic nitrogens is 4. The SMILES string of the molecule is Nc1ncnc2nc(-c3cccnc3C3CNCCO3)c(-c3ccc(F)cc3)c(-c3cccc(Br)c3)c12. The summed E-state index contributed by atoms with van der Waals surface area (Å²) in [6.45, 7) is 2.01. The van der Waals surface area contributed by atoms with Crippen molar-refractivity contribution in [2.75, 3.05) is 25.4 Å². The van der Waals surface area contributed by atoms with E-state index in [1.807, 2.05) is 36.4 Å². The Morgan fingerprint density at radius 2 is 1.84 bits per heavy atom. The number of ether oxygens (including phenoxy) is 1. The summed E-state index contributed by atoms with van der Waals surface area (Å²) in [5.74, 6) is -0.0109. The second-order valence-electron chi connectivity index (χ2n) is 8.68. The molecular weight excluding hydrogens is 535 g/mol. The summed E-state index contributed by atoms with van der Waals surface area (Å²) < 4.78 is 21.0. The Morgan fingerprint density at radius 3 is 2.62 bits per heavy atom. The normalized spacial score (nSPS) is 15.7.